The lowest BCUT2D eigenvalue weighted by Crippen LogP contribution is -2.12. The number of rotatable bonds is 1. The molecule has 3 N–H and O–H groups in total. The largest absolute Gasteiger partial charge is 0.506 e. The fourth-order valence-electron chi connectivity index (χ4n) is 1.47. The molecule has 0 saturated carbocycles. The van der Waals surface area contributed by atoms with E-state index >= 15 is 0 Å². The quantitative estimate of drug-likeness (QED) is 0.474. The molecule has 1 aromatic rings. The number of Topliss-reactive ketones (excluding diaryl/α,β-unsaturated/α-hetero) is 1. The minimum Gasteiger partial charge on any atom is -0.506 e. The maximum absolute atomic E-state index is 11.3. The first kappa shape index (κ1) is 10.2. The number of aromatic hydroxyl groups is 1. The van der Waals surface area contributed by atoms with E-state index in [2.05, 4.69) is 10.6 Å². The van der Waals surface area contributed by atoms with Crippen molar-refractivity contribution in [3.63, 3.8) is 0 Å². The van der Waals surface area contributed by atoms with Gasteiger partial charge in [-0.3, -0.25) is 14.4 Å². The van der Waals surface area contributed by atoms with E-state index in [9.17, 15) is 19.5 Å². The first-order valence-electron chi connectivity index (χ1n) is 4.49. The van der Waals surface area contributed by atoms with Crippen molar-refractivity contribution in [3.05, 3.63) is 17.7 Å². The lowest BCUT2D eigenvalue weighted by atomic mass is 10.1. The van der Waals surface area contributed by atoms with Gasteiger partial charge in [0.25, 0.3) is 11.7 Å². The van der Waals surface area contributed by atoms with Crippen LogP contribution in [0.1, 0.15) is 17.3 Å². The van der Waals surface area contributed by atoms with Gasteiger partial charge in [0.15, 0.2) is 0 Å². The van der Waals surface area contributed by atoms with Crippen molar-refractivity contribution in [2.75, 3.05) is 10.6 Å². The van der Waals surface area contributed by atoms with Crippen molar-refractivity contribution >= 4 is 29.0 Å². The van der Waals surface area contributed by atoms with Crippen molar-refractivity contribution in [1.29, 1.82) is 0 Å². The standard InChI is InChI=1S/C10H8N2O4/c1-4(13)11-7-2-5-6(3-8(7)14)12-10(16)9(5)15/h2-3,14H,1H3,(H,11,13)(H,12,15,16). The van der Waals surface area contributed by atoms with Crippen molar-refractivity contribution in [3.8, 4) is 5.75 Å². The van der Waals surface area contributed by atoms with Gasteiger partial charge in [0.1, 0.15) is 5.75 Å². The van der Waals surface area contributed by atoms with Gasteiger partial charge in [-0.05, 0) is 6.07 Å². The number of fused-ring (bicyclic) bond motifs is 1. The molecule has 0 bridgehead atoms. The Morgan fingerprint density at radius 1 is 1.38 bits per heavy atom. The average molecular weight is 220 g/mol. The summed E-state index contributed by atoms with van der Waals surface area (Å²) in [5.41, 5.74) is 0.504. The first-order chi connectivity index (χ1) is 7.49. The lowest BCUT2D eigenvalue weighted by molar-refractivity contribution is -0.114. The summed E-state index contributed by atoms with van der Waals surface area (Å²) in [4.78, 5) is 33.2. The number of amides is 2. The van der Waals surface area contributed by atoms with Crippen molar-refractivity contribution in [2.45, 2.75) is 6.92 Å². The van der Waals surface area contributed by atoms with E-state index in [0.717, 1.165) is 0 Å². The van der Waals surface area contributed by atoms with Crippen LogP contribution in [0.5, 0.6) is 5.75 Å². The Bertz CT molecular complexity index is 522. The van der Waals surface area contributed by atoms with E-state index in [-0.39, 0.29) is 28.6 Å². The van der Waals surface area contributed by atoms with E-state index in [1.165, 1.54) is 19.1 Å². The predicted molar refractivity (Wildman–Crippen MR) is 55.4 cm³/mol. The third-order valence-electron chi connectivity index (χ3n) is 2.15. The zero-order valence-corrected chi connectivity index (χ0v) is 8.33. The Kier molecular flexibility index (Phi) is 2.12. The minimum atomic E-state index is -0.741. The van der Waals surface area contributed by atoms with Gasteiger partial charge in [0.2, 0.25) is 5.91 Å². The molecule has 6 nitrogen and oxygen atoms in total. The number of hydrogen-bond acceptors (Lipinski definition) is 4. The third-order valence-corrected chi connectivity index (χ3v) is 2.15. The number of phenols is 1. The first-order valence-corrected chi connectivity index (χ1v) is 4.49. The van der Waals surface area contributed by atoms with E-state index < -0.39 is 11.7 Å². The molecule has 2 amide bonds. The number of ketones is 1. The summed E-state index contributed by atoms with van der Waals surface area (Å²) in [6.45, 7) is 1.28. The molecule has 0 spiro atoms. The summed E-state index contributed by atoms with van der Waals surface area (Å²) in [6, 6.07) is 2.50. The molecule has 1 aliphatic rings. The highest BCUT2D eigenvalue weighted by atomic mass is 16.3. The van der Waals surface area contributed by atoms with Crippen LogP contribution in [0.3, 0.4) is 0 Å². The Labute approximate surface area is 90.3 Å². The molecule has 0 atom stereocenters. The predicted octanol–water partition coefficient (Wildman–Crippen LogP) is 0.485. The number of nitrogens with one attached hydrogen (secondary N) is 2. The molecular weight excluding hydrogens is 212 g/mol. The Morgan fingerprint density at radius 3 is 2.69 bits per heavy atom. The molecule has 2 rings (SSSR count). The number of carbonyl (C=O) groups excluding carboxylic acids is 3. The fourth-order valence-corrected chi connectivity index (χ4v) is 1.47. The summed E-state index contributed by atoms with van der Waals surface area (Å²) < 4.78 is 0. The van der Waals surface area contributed by atoms with Crippen LogP contribution in [0.25, 0.3) is 0 Å². The van der Waals surface area contributed by atoms with Crippen LogP contribution in [0.15, 0.2) is 12.1 Å². The summed E-state index contributed by atoms with van der Waals surface area (Å²) in [7, 11) is 0. The maximum atomic E-state index is 11.3. The SMILES string of the molecule is CC(=O)Nc1cc2c(cc1O)NC(=O)C2=O. The van der Waals surface area contributed by atoms with E-state index in [0.29, 0.717) is 0 Å². The van der Waals surface area contributed by atoms with Gasteiger partial charge in [0, 0.05) is 13.0 Å². The second-order valence-electron chi connectivity index (χ2n) is 3.38. The van der Waals surface area contributed by atoms with Crippen LogP contribution in [0.2, 0.25) is 0 Å². The summed E-state index contributed by atoms with van der Waals surface area (Å²) in [5.74, 6) is -2.00. The summed E-state index contributed by atoms with van der Waals surface area (Å²) in [5, 5.41) is 14.2. The topological polar surface area (TPSA) is 95.5 Å². The van der Waals surface area contributed by atoms with Crippen molar-refractivity contribution in [1.82, 2.24) is 0 Å². The fraction of sp³-hybridized carbons (Fsp3) is 0.100. The maximum Gasteiger partial charge on any atom is 0.296 e. The minimum absolute atomic E-state index is 0.108. The average Bonchev–Trinajstić information content (AvgIpc) is 2.44. The highest BCUT2D eigenvalue weighted by Crippen LogP contribution is 2.33. The summed E-state index contributed by atoms with van der Waals surface area (Å²) >= 11 is 0. The highest BCUT2D eigenvalue weighted by molar-refractivity contribution is 6.51. The molecule has 0 radical (unpaired) electrons. The molecule has 82 valence electrons. The third kappa shape index (κ3) is 1.50. The molecule has 6 heteroatoms. The van der Waals surface area contributed by atoms with Crippen LogP contribution in [0.4, 0.5) is 11.4 Å². The second kappa shape index (κ2) is 3.34. The van der Waals surface area contributed by atoms with Crippen LogP contribution in [0, 0.1) is 0 Å². The molecule has 1 aliphatic heterocycles. The Hall–Kier alpha value is -2.37. The zero-order chi connectivity index (χ0) is 11.9. The number of benzene rings is 1. The Morgan fingerprint density at radius 2 is 2.06 bits per heavy atom. The molecule has 0 aliphatic carbocycles. The smallest absolute Gasteiger partial charge is 0.296 e. The van der Waals surface area contributed by atoms with Gasteiger partial charge in [0.05, 0.1) is 16.9 Å². The van der Waals surface area contributed by atoms with Gasteiger partial charge in [-0.2, -0.15) is 0 Å². The Balaban J connectivity index is 2.49. The van der Waals surface area contributed by atoms with Gasteiger partial charge < -0.3 is 15.7 Å². The summed E-state index contributed by atoms with van der Waals surface area (Å²) in [6.07, 6.45) is 0. The number of phenolic OH excluding ortho intramolecular Hbond substituents is 1. The molecule has 0 aromatic heterocycles. The van der Waals surface area contributed by atoms with E-state index in [1.807, 2.05) is 0 Å². The number of carbonyl (C=O) groups is 3. The van der Waals surface area contributed by atoms with Gasteiger partial charge >= 0.3 is 0 Å². The van der Waals surface area contributed by atoms with Gasteiger partial charge in [-0.15, -0.1) is 0 Å². The lowest BCUT2D eigenvalue weighted by Gasteiger charge is -2.06. The van der Waals surface area contributed by atoms with Crippen LogP contribution < -0.4 is 10.6 Å². The molecular formula is C10H8N2O4. The highest BCUT2D eigenvalue weighted by Gasteiger charge is 2.29. The molecule has 0 saturated heterocycles. The van der Waals surface area contributed by atoms with Crippen LogP contribution in [-0.4, -0.2) is 22.7 Å². The zero-order valence-electron chi connectivity index (χ0n) is 8.33. The van der Waals surface area contributed by atoms with Crippen LogP contribution >= 0.6 is 0 Å². The number of hydrogen-bond donors (Lipinski definition) is 3. The van der Waals surface area contributed by atoms with Gasteiger partial charge in [-0.1, -0.05) is 0 Å². The van der Waals surface area contributed by atoms with Crippen molar-refractivity contribution < 1.29 is 19.5 Å². The van der Waals surface area contributed by atoms with Crippen LogP contribution in [-0.2, 0) is 9.59 Å². The van der Waals surface area contributed by atoms with E-state index in [4.69, 9.17) is 0 Å². The molecule has 0 fully saturated rings. The van der Waals surface area contributed by atoms with Gasteiger partial charge in [-0.25, -0.2) is 0 Å². The normalized spacial score (nSPS) is 13.3. The molecule has 1 heterocycles. The second-order valence-corrected chi connectivity index (χ2v) is 3.38. The molecule has 1 aromatic carbocycles. The van der Waals surface area contributed by atoms with Crippen molar-refractivity contribution in [2.24, 2.45) is 0 Å². The monoisotopic (exact) mass is 220 g/mol. The molecule has 0 unspecified atom stereocenters. The molecule has 16 heavy (non-hydrogen) atoms. The van der Waals surface area contributed by atoms with E-state index in [1.54, 1.807) is 0 Å². The number of anilines is 2.